The van der Waals surface area contributed by atoms with Crippen LogP contribution in [-0.4, -0.2) is 18.1 Å². The van der Waals surface area contributed by atoms with Gasteiger partial charge in [0.2, 0.25) is 5.91 Å². The molecule has 0 atom stereocenters. The lowest BCUT2D eigenvalue weighted by Gasteiger charge is -2.28. The normalized spacial score (nSPS) is 12.0. The van der Waals surface area contributed by atoms with E-state index < -0.39 is 0 Å². The van der Waals surface area contributed by atoms with Crippen molar-refractivity contribution in [1.82, 2.24) is 0 Å². The molecule has 0 saturated heterocycles. The molecule has 5 nitrogen and oxygen atoms in total. The number of aryl methyl sites for hydroxylation is 1. The average Bonchev–Trinajstić information content (AvgIpc) is 2.82. The summed E-state index contributed by atoms with van der Waals surface area (Å²) in [5.74, 6) is 1.33. The molecule has 1 amide bonds. The molecular formula is C32H39NO4. The van der Waals surface area contributed by atoms with Crippen molar-refractivity contribution < 1.29 is 19.4 Å². The quantitative estimate of drug-likeness (QED) is 0.328. The smallest absolute Gasteiger partial charge is 0.248 e. The maximum atomic E-state index is 12.4. The lowest BCUT2D eigenvalue weighted by atomic mass is 9.78. The van der Waals surface area contributed by atoms with E-state index in [-0.39, 0.29) is 16.7 Å². The second kappa shape index (κ2) is 11.1. The summed E-state index contributed by atoms with van der Waals surface area (Å²) in [4.78, 5) is 12.4. The van der Waals surface area contributed by atoms with E-state index in [1.165, 1.54) is 6.08 Å². The van der Waals surface area contributed by atoms with Gasteiger partial charge in [0.1, 0.15) is 12.4 Å². The number of phenols is 1. The number of phenolic OH excluding ortho intramolecular Hbond substituents is 1. The van der Waals surface area contributed by atoms with E-state index in [1.807, 2.05) is 61.5 Å². The molecule has 5 heteroatoms. The number of rotatable bonds is 7. The van der Waals surface area contributed by atoms with Crippen molar-refractivity contribution in [1.29, 1.82) is 0 Å². The molecule has 3 aromatic carbocycles. The minimum absolute atomic E-state index is 0.203. The molecule has 37 heavy (non-hydrogen) atoms. The topological polar surface area (TPSA) is 67.8 Å². The van der Waals surface area contributed by atoms with Crippen molar-refractivity contribution >= 4 is 17.7 Å². The van der Waals surface area contributed by atoms with Crippen LogP contribution in [0.4, 0.5) is 5.69 Å². The summed E-state index contributed by atoms with van der Waals surface area (Å²) in [6.45, 7) is 14.8. The molecule has 0 aromatic heterocycles. The number of hydrogen-bond acceptors (Lipinski definition) is 4. The van der Waals surface area contributed by atoms with Crippen LogP contribution in [0.1, 0.15) is 69.4 Å². The van der Waals surface area contributed by atoms with Crippen LogP contribution < -0.4 is 14.8 Å². The summed E-state index contributed by atoms with van der Waals surface area (Å²) in [7, 11) is 1.59. The SMILES string of the molecule is COc1cc(/C=C/C(=O)Nc2ccccc2C)ccc1OCc1cc(C(C)(C)C)c(O)c(C(C)(C)C)c1. The summed E-state index contributed by atoms with van der Waals surface area (Å²) in [6, 6.07) is 17.2. The van der Waals surface area contributed by atoms with E-state index in [1.54, 1.807) is 13.2 Å². The largest absolute Gasteiger partial charge is 0.507 e. The fourth-order valence-electron chi connectivity index (χ4n) is 4.05. The average molecular weight is 502 g/mol. The van der Waals surface area contributed by atoms with Gasteiger partial charge < -0.3 is 19.9 Å². The molecule has 0 radical (unpaired) electrons. The first kappa shape index (κ1) is 27.9. The highest BCUT2D eigenvalue weighted by atomic mass is 16.5. The van der Waals surface area contributed by atoms with Gasteiger partial charge in [-0.1, -0.05) is 65.8 Å². The molecular weight excluding hydrogens is 462 g/mol. The Balaban J connectivity index is 1.78. The van der Waals surface area contributed by atoms with E-state index in [9.17, 15) is 9.90 Å². The van der Waals surface area contributed by atoms with Crippen LogP contribution in [0.15, 0.2) is 60.7 Å². The van der Waals surface area contributed by atoms with E-state index in [4.69, 9.17) is 9.47 Å². The zero-order valence-electron chi connectivity index (χ0n) is 23.2. The molecule has 196 valence electrons. The minimum atomic E-state index is -0.211. The molecule has 0 aliphatic rings. The molecule has 3 aromatic rings. The Labute approximate surface area is 221 Å². The number of benzene rings is 3. The molecule has 3 rings (SSSR count). The number of aromatic hydroxyl groups is 1. The third-order valence-electron chi connectivity index (χ3n) is 6.20. The fourth-order valence-corrected chi connectivity index (χ4v) is 4.05. The van der Waals surface area contributed by atoms with Gasteiger partial charge in [-0.05, 0) is 82.0 Å². The molecule has 0 aliphatic carbocycles. The van der Waals surface area contributed by atoms with Crippen molar-refractivity contribution in [3.05, 3.63) is 88.5 Å². The van der Waals surface area contributed by atoms with Gasteiger partial charge in [-0.2, -0.15) is 0 Å². The fraction of sp³-hybridized carbons (Fsp3) is 0.344. The summed E-state index contributed by atoms with van der Waals surface area (Å²) in [5, 5.41) is 13.9. The Morgan fingerprint density at radius 2 is 1.54 bits per heavy atom. The van der Waals surface area contributed by atoms with Gasteiger partial charge in [0.25, 0.3) is 0 Å². The number of para-hydroxylation sites is 1. The molecule has 0 heterocycles. The number of carbonyl (C=O) groups is 1. The predicted molar refractivity (Wildman–Crippen MR) is 152 cm³/mol. The number of amides is 1. The standard InChI is InChI=1S/C32H39NO4/c1-21-11-9-10-12-26(21)33-29(34)16-14-22-13-15-27(28(19-22)36-8)37-20-23-17-24(31(2,3)4)30(35)25(18-23)32(5,6)7/h9-19,35H,20H2,1-8H3,(H,33,34)/b16-14+. The minimum Gasteiger partial charge on any atom is -0.507 e. The van der Waals surface area contributed by atoms with Gasteiger partial charge in [0.15, 0.2) is 11.5 Å². The van der Waals surface area contributed by atoms with E-state index >= 15 is 0 Å². The van der Waals surface area contributed by atoms with Crippen LogP contribution in [0.2, 0.25) is 0 Å². The Hall–Kier alpha value is -3.73. The van der Waals surface area contributed by atoms with Gasteiger partial charge >= 0.3 is 0 Å². The Kier molecular flexibility index (Phi) is 8.37. The van der Waals surface area contributed by atoms with Crippen LogP contribution >= 0.6 is 0 Å². The highest BCUT2D eigenvalue weighted by Gasteiger charge is 2.26. The number of nitrogens with one attached hydrogen (secondary N) is 1. The molecule has 0 spiro atoms. The number of carbonyl (C=O) groups excluding carboxylic acids is 1. The van der Waals surface area contributed by atoms with Crippen molar-refractivity contribution in [2.45, 2.75) is 65.9 Å². The summed E-state index contributed by atoms with van der Waals surface area (Å²) < 4.78 is 11.7. The summed E-state index contributed by atoms with van der Waals surface area (Å²) >= 11 is 0. The monoisotopic (exact) mass is 501 g/mol. The Morgan fingerprint density at radius 3 is 2.11 bits per heavy atom. The Bertz CT molecular complexity index is 1260. The van der Waals surface area contributed by atoms with Crippen LogP contribution in [0.25, 0.3) is 6.08 Å². The zero-order chi connectivity index (χ0) is 27.4. The molecule has 0 bridgehead atoms. The highest BCUT2D eigenvalue weighted by Crippen LogP contribution is 2.40. The van der Waals surface area contributed by atoms with E-state index in [0.29, 0.717) is 23.9 Å². The zero-order valence-corrected chi connectivity index (χ0v) is 23.2. The second-order valence-electron chi connectivity index (χ2n) is 11.4. The third kappa shape index (κ3) is 7.16. The third-order valence-corrected chi connectivity index (χ3v) is 6.20. The van der Waals surface area contributed by atoms with Crippen molar-refractivity contribution in [2.75, 3.05) is 12.4 Å². The number of ether oxygens (including phenoxy) is 2. The number of hydrogen-bond donors (Lipinski definition) is 2. The summed E-state index contributed by atoms with van der Waals surface area (Å²) in [5.41, 5.74) is 4.96. The Morgan fingerprint density at radius 1 is 0.919 bits per heavy atom. The first-order valence-corrected chi connectivity index (χ1v) is 12.5. The molecule has 2 N–H and O–H groups in total. The molecule has 0 unspecified atom stereocenters. The number of anilines is 1. The van der Waals surface area contributed by atoms with Crippen LogP contribution in [0.3, 0.4) is 0 Å². The van der Waals surface area contributed by atoms with Gasteiger partial charge in [0.05, 0.1) is 7.11 Å². The van der Waals surface area contributed by atoms with Crippen LogP contribution in [0, 0.1) is 6.92 Å². The van der Waals surface area contributed by atoms with Crippen molar-refractivity contribution in [3.8, 4) is 17.2 Å². The highest BCUT2D eigenvalue weighted by molar-refractivity contribution is 6.02. The van der Waals surface area contributed by atoms with Gasteiger partial charge in [0, 0.05) is 11.8 Å². The lowest BCUT2D eigenvalue weighted by molar-refractivity contribution is -0.111. The molecule has 0 aliphatic heterocycles. The first-order chi connectivity index (χ1) is 17.3. The van der Waals surface area contributed by atoms with Crippen LogP contribution in [0.5, 0.6) is 17.2 Å². The lowest BCUT2D eigenvalue weighted by Crippen LogP contribution is -2.18. The van der Waals surface area contributed by atoms with Gasteiger partial charge in [-0.25, -0.2) is 0 Å². The predicted octanol–water partition coefficient (Wildman–Crippen LogP) is 7.54. The maximum absolute atomic E-state index is 12.4. The van der Waals surface area contributed by atoms with Gasteiger partial charge in [-0.3, -0.25) is 4.79 Å². The van der Waals surface area contributed by atoms with Crippen molar-refractivity contribution in [2.24, 2.45) is 0 Å². The van der Waals surface area contributed by atoms with Crippen LogP contribution in [-0.2, 0) is 22.2 Å². The van der Waals surface area contributed by atoms with Crippen molar-refractivity contribution in [3.63, 3.8) is 0 Å². The molecule has 0 saturated carbocycles. The summed E-state index contributed by atoms with van der Waals surface area (Å²) in [6.07, 6.45) is 3.24. The van der Waals surface area contributed by atoms with Gasteiger partial charge in [-0.15, -0.1) is 0 Å². The maximum Gasteiger partial charge on any atom is 0.248 e. The molecule has 0 fully saturated rings. The first-order valence-electron chi connectivity index (χ1n) is 12.5. The second-order valence-corrected chi connectivity index (χ2v) is 11.4. The van der Waals surface area contributed by atoms with E-state index in [2.05, 4.69) is 46.9 Å². The van der Waals surface area contributed by atoms with E-state index in [0.717, 1.165) is 33.5 Å². The number of methoxy groups -OCH3 is 1.